The molecule has 0 atom stereocenters. The molecule has 17 heavy (non-hydrogen) atoms. The van der Waals surface area contributed by atoms with Crippen molar-refractivity contribution in [3.05, 3.63) is 11.7 Å². The van der Waals surface area contributed by atoms with Crippen LogP contribution in [0.25, 0.3) is 0 Å². The summed E-state index contributed by atoms with van der Waals surface area (Å²) in [7, 11) is 3.50. The molecule has 0 aromatic carbocycles. The van der Waals surface area contributed by atoms with E-state index < -0.39 is 0 Å². The van der Waals surface area contributed by atoms with Crippen LogP contribution in [0.2, 0.25) is 0 Å². The predicted molar refractivity (Wildman–Crippen MR) is 77.7 cm³/mol. The zero-order chi connectivity index (χ0) is 12.2. The Morgan fingerprint density at radius 1 is 1.41 bits per heavy atom. The van der Waals surface area contributed by atoms with Gasteiger partial charge in [0.1, 0.15) is 0 Å². The first kappa shape index (κ1) is 16.1. The fraction of sp³-hybridized carbons (Fsp3) is 0.700. The Hall–Kier alpha value is -0.860. The van der Waals surface area contributed by atoms with Crippen LogP contribution in [-0.2, 0) is 12.0 Å². The van der Waals surface area contributed by atoms with Crippen LogP contribution in [0.1, 0.15) is 32.5 Å². The summed E-state index contributed by atoms with van der Waals surface area (Å²) in [5.41, 5.74) is -0.115. The van der Waals surface area contributed by atoms with Gasteiger partial charge in [-0.05, 0) is 0 Å². The minimum Gasteiger partial charge on any atom is -0.359 e. The number of hydrogen-bond donors (Lipinski definition) is 2. The largest absolute Gasteiger partial charge is 0.359 e. The third kappa shape index (κ3) is 4.88. The van der Waals surface area contributed by atoms with E-state index in [1.807, 2.05) is 20.8 Å². The van der Waals surface area contributed by atoms with E-state index in [2.05, 4.69) is 25.8 Å². The van der Waals surface area contributed by atoms with Gasteiger partial charge in [0.15, 0.2) is 11.8 Å². The summed E-state index contributed by atoms with van der Waals surface area (Å²) >= 11 is 0. The number of nitrogens with one attached hydrogen (secondary N) is 2. The minimum atomic E-state index is -0.115. The van der Waals surface area contributed by atoms with Gasteiger partial charge in [-0.2, -0.15) is 4.98 Å². The van der Waals surface area contributed by atoms with Crippen molar-refractivity contribution < 1.29 is 4.52 Å². The average Bonchev–Trinajstić information content (AvgIpc) is 2.67. The van der Waals surface area contributed by atoms with E-state index in [1.54, 1.807) is 14.1 Å². The molecule has 1 aromatic heterocycles. The van der Waals surface area contributed by atoms with Gasteiger partial charge in [0.2, 0.25) is 5.89 Å². The first-order valence-electron chi connectivity index (χ1n) is 5.19. The highest BCUT2D eigenvalue weighted by Crippen LogP contribution is 2.19. The van der Waals surface area contributed by atoms with Crippen molar-refractivity contribution in [2.45, 2.75) is 32.7 Å². The molecule has 0 aliphatic heterocycles. The highest BCUT2D eigenvalue weighted by molar-refractivity contribution is 14.0. The quantitative estimate of drug-likeness (QED) is 0.476. The smallest absolute Gasteiger partial charge is 0.232 e. The molecule has 0 saturated carbocycles. The molecule has 0 spiro atoms. The Morgan fingerprint density at radius 2 is 2.06 bits per heavy atom. The number of halogens is 1. The Kier molecular flexibility index (Phi) is 6.43. The lowest BCUT2D eigenvalue weighted by Crippen LogP contribution is -2.34. The van der Waals surface area contributed by atoms with Crippen LogP contribution in [0.3, 0.4) is 0 Å². The Morgan fingerprint density at radius 3 is 2.47 bits per heavy atom. The van der Waals surface area contributed by atoms with E-state index in [-0.39, 0.29) is 29.4 Å². The third-order valence-corrected chi connectivity index (χ3v) is 1.98. The van der Waals surface area contributed by atoms with E-state index in [1.165, 1.54) is 0 Å². The van der Waals surface area contributed by atoms with Gasteiger partial charge in [0.05, 0.1) is 6.54 Å². The summed E-state index contributed by atoms with van der Waals surface area (Å²) in [6.45, 7) is 6.59. The molecule has 1 heterocycles. The molecule has 0 unspecified atom stereocenters. The number of aliphatic imine (C=N–C) groups is 1. The summed E-state index contributed by atoms with van der Waals surface area (Å²) in [6, 6.07) is 0. The van der Waals surface area contributed by atoms with E-state index >= 15 is 0 Å². The van der Waals surface area contributed by atoms with Gasteiger partial charge < -0.3 is 15.2 Å². The summed E-state index contributed by atoms with van der Waals surface area (Å²) in [6.07, 6.45) is 0. The Balaban J connectivity index is 0.00000256. The number of rotatable bonds is 2. The maximum absolute atomic E-state index is 5.17. The first-order valence-corrected chi connectivity index (χ1v) is 5.19. The van der Waals surface area contributed by atoms with Gasteiger partial charge in [-0.15, -0.1) is 24.0 Å². The zero-order valence-electron chi connectivity index (χ0n) is 10.9. The topological polar surface area (TPSA) is 75.3 Å². The van der Waals surface area contributed by atoms with Crippen LogP contribution in [-0.4, -0.2) is 30.2 Å². The fourth-order valence-corrected chi connectivity index (χ4v) is 1.07. The molecule has 1 aromatic rings. The third-order valence-electron chi connectivity index (χ3n) is 1.98. The molecule has 0 aliphatic rings. The van der Waals surface area contributed by atoms with Gasteiger partial charge in [-0.3, -0.25) is 4.99 Å². The van der Waals surface area contributed by atoms with Crippen LogP contribution in [0.15, 0.2) is 9.52 Å². The van der Waals surface area contributed by atoms with Crippen molar-refractivity contribution in [3.8, 4) is 0 Å². The maximum atomic E-state index is 5.17. The molecular formula is C10H20IN5O. The van der Waals surface area contributed by atoms with Crippen LogP contribution < -0.4 is 10.6 Å². The van der Waals surface area contributed by atoms with Crippen molar-refractivity contribution in [3.63, 3.8) is 0 Å². The van der Waals surface area contributed by atoms with E-state index in [4.69, 9.17) is 4.52 Å². The summed E-state index contributed by atoms with van der Waals surface area (Å²) in [4.78, 5) is 8.28. The van der Waals surface area contributed by atoms with Gasteiger partial charge in [0, 0.05) is 19.5 Å². The molecule has 1 rings (SSSR count). The molecule has 0 fully saturated rings. The average molecular weight is 353 g/mol. The lowest BCUT2D eigenvalue weighted by molar-refractivity contribution is 0.318. The normalized spacial score (nSPS) is 11.9. The predicted octanol–water partition coefficient (Wildman–Crippen LogP) is 1.28. The second-order valence-electron chi connectivity index (χ2n) is 4.44. The van der Waals surface area contributed by atoms with Crippen molar-refractivity contribution in [2.75, 3.05) is 14.1 Å². The molecule has 2 N–H and O–H groups in total. The van der Waals surface area contributed by atoms with Crippen molar-refractivity contribution in [1.82, 2.24) is 20.8 Å². The summed E-state index contributed by atoms with van der Waals surface area (Å²) in [5, 5.41) is 9.86. The molecular weight excluding hydrogens is 333 g/mol. The van der Waals surface area contributed by atoms with Crippen LogP contribution in [0.4, 0.5) is 0 Å². The zero-order valence-corrected chi connectivity index (χ0v) is 13.2. The molecule has 0 aliphatic carbocycles. The molecule has 98 valence electrons. The molecule has 7 heteroatoms. The van der Waals surface area contributed by atoms with Crippen LogP contribution in [0, 0.1) is 0 Å². The standard InChI is InChI=1S/C10H19N5O.HI/c1-10(2,3)8-14-7(15-16-8)6-13-9(11-4)12-5;/h6H2,1-5H3,(H2,11,12,13);1H. The van der Waals surface area contributed by atoms with Gasteiger partial charge >= 0.3 is 0 Å². The summed E-state index contributed by atoms with van der Waals surface area (Å²) in [5.74, 6) is 1.96. The second-order valence-corrected chi connectivity index (χ2v) is 4.44. The monoisotopic (exact) mass is 353 g/mol. The van der Waals surface area contributed by atoms with E-state index in [0.29, 0.717) is 24.2 Å². The van der Waals surface area contributed by atoms with Crippen LogP contribution >= 0.6 is 24.0 Å². The lowest BCUT2D eigenvalue weighted by atomic mass is 9.97. The number of hydrogen-bond acceptors (Lipinski definition) is 4. The number of nitrogens with zero attached hydrogens (tertiary/aromatic N) is 3. The second kappa shape index (κ2) is 6.77. The number of guanidine groups is 1. The van der Waals surface area contributed by atoms with E-state index in [9.17, 15) is 0 Å². The lowest BCUT2D eigenvalue weighted by Gasteiger charge is -2.10. The van der Waals surface area contributed by atoms with Crippen molar-refractivity contribution in [1.29, 1.82) is 0 Å². The van der Waals surface area contributed by atoms with Gasteiger partial charge in [0.25, 0.3) is 0 Å². The van der Waals surface area contributed by atoms with Crippen molar-refractivity contribution in [2.24, 2.45) is 4.99 Å². The van der Waals surface area contributed by atoms with E-state index in [0.717, 1.165) is 0 Å². The Bertz CT molecular complexity index is 369. The maximum Gasteiger partial charge on any atom is 0.232 e. The minimum absolute atomic E-state index is 0. The fourth-order valence-electron chi connectivity index (χ4n) is 1.07. The highest BCUT2D eigenvalue weighted by Gasteiger charge is 2.21. The molecule has 0 saturated heterocycles. The molecule has 0 amide bonds. The van der Waals surface area contributed by atoms with Crippen LogP contribution in [0.5, 0.6) is 0 Å². The Labute approximate surface area is 119 Å². The van der Waals surface area contributed by atoms with Crippen molar-refractivity contribution >= 4 is 29.9 Å². The molecule has 0 radical (unpaired) electrons. The highest BCUT2D eigenvalue weighted by atomic mass is 127. The summed E-state index contributed by atoms with van der Waals surface area (Å²) < 4.78 is 5.17. The molecule has 0 bridgehead atoms. The molecule has 6 nitrogen and oxygen atoms in total. The SMILES string of the molecule is CN=C(NC)NCc1noc(C(C)(C)C)n1.I. The van der Waals surface area contributed by atoms with Gasteiger partial charge in [-0.1, -0.05) is 25.9 Å². The first-order chi connectivity index (χ1) is 7.47. The van der Waals surface area contributed by atoms with Gasteiger partial charge in [-0.25, -0.2) is 0 Å². The number of aromatic nitrogens is 2.